The van der Waals surface area contributed by atoms with Gasteiger partial charge in [-0.3, -0.25) is 0 Å². The van der Waals surface area contributed by atoms with Gasteiger partial charge in [0, 0.05) is 11.4 Å². The molecule has 0 saturated carbocycles. The van der Waals surface area contributed by atoms with Crippen LogP contribution in [0.1, 0.15) is 39.7 Å². The fraction of sp³-hybridized carbons (Fsp3) is 0.556. The first-order valence-electron chi connectivity index (χ1n) is 7.44. The number of rotatable bonds is 7. The van der Waals surface area contributed by atoms with Crippen molar-refractivity contribution in [3.05, 3.63) is 35.4 Å². The van der Waals surface area contributed by atoms with Crippen LogP contribution in [-0.2, 0) is 0 Å². The molecule has 0 atom stereocenters. The number of thioether (sulfide) groups is 1. The Morgan fingerprint density at radius 2 is 1.70 bits per heavy atom. The van der Waals surface area contributed by atoms with E-state index in [1.54, 1.807) is 0 Å². The molecule has 0 unspecified atom stereocenters. The molecule has 0 saturated heterocycles. The summed E-state index contributed by atoms with van der Waals surface area (Å²) in [5.74, 6) is 2.01. The van der Waals surface area contributed by atoms with Crippen LogP contribution in [0.15, 0.2) is 34.7 Å². The standard InChI is InChI=1S/C18H29NS/c1-14(2)11-12-20-18-9-7-17(8-10-18)16(4)15(3)13-19(5)6/h7-10,14H,11-13H2,1-6H3. The molecule has 0 amide bonds. The van der Waals surface area contributed by atoms with Crippen molar-refractivity contribution >= 4 is 17.3 Å². The summed E-state index contributed by atoms with van der Waals surface area (Å²) in [5, 5.41) is 0. The third-order valence-corrected chi connectivity index (χ3v) is 4.49. The fourth-order valence-corrected chi connectivity index (χ4v) is 3.21. The zero-order chi connectivity index (χ0) is 15.1. The smallest absolute Gasteiger partial charge is 0.0189 e. The Morgan fingerprint density at radius 1 is 1.10 bits per heavy atom. The van der Waals surface area contributed by atoms with Gasteiger partial charge in [-0.15, -0.1) is 11.8 Å². The van der Waals surface area contributed by atoms with Crippen molar-refractivity contribution in [3.63, 3.8) is 0 Å². The van der Waals surface area contributed by atoms with E-state index in [0.717, 1.165) is 12.5 Å². The third kappa shape index (κ3) is 6.15. The lowest BCUT2D eigenvalue weighted by Crippen LogP contribution is -2.14. The molecule has 0 aromatic heterocycles. The van der Waals surface area contributed by atoms with Gasteiger partial charge < -0.3 is 4.90 Å². The first-order chi connectivity index (χ1) is 9.40. The Balaban J connectivity index is 2.66. The molecule has 1 nitrogen and oxygen atoms in total. The Kier molecular flexibility index (Phi) is 7.39. The maximum atomic E-state index is 2.28. The highest BCUT2D eigenvalue weighted by Crippen LogP contribution is 2.24. The summed E-state index contributed by atoms with van der Waals surface area (Å²) in [6.45, 7) is 10.0. The van der Waals surface area contributed by atoms with Crippen molar-refractivity contribution in [1.82, 2.24) is 4.90 Å². The molecule has 1 aromatic rings. The monoisotopic (exact) mass is 291 g/mol. The van der Waals surface area contributed by atoms with Crippen molar-refractivity contribution in [2.75, 3.05) is 26.4 Å². The topological polar surface area (TPSA) is 3.24 Å². The zero-order valence-electron chi connectivity index (χ0n) is 13.9. The van der Waals surface area contributed by atoms with Gasteiger partial charge in [0.05, 0.1) is 0 Å². The normalized spacial score (nSPS) is 13.0. The van der Waals surface area contributed by atoms with Crippen molar-refractivity contribution in [2.24, 2.45) is 5.92 Å². The molecule has 0 aliphatic carbocycles. The number of hydrogen-bond acceptors (Lipinski definition) is 2. The van der Waals surface area contributed by atoms with Gasteiger partial charge in [-0.05, 0) is 69.3 Å². The summed E-state index contributed by atoms with van der Waals surface area (Å²) in [5.41, 5.74) is 4.19. The molecule has 20 heavy (non-hydrogen) atoms. The first kappa shape index (κ1) is 17.3. The second kappa shape index (κ2) is 8.53. The second-order valence-electron chi connectivity index (χ2n) is 6.20. The van der Waals surface area contributed by atoms with Crippen LogP contribution in [-0.4, -0.2) is 31.3 Å². The van der Waals surface area contributed by atoms with E-state index in [-0.39, 0.29) is 0 Å². The van der Waals surface area contributed by atoms with E-state index < -0.39 is 0 Å². The lowest BCUT2D eigenvalue weighted by Gasteiger charge is -2.14. The van der Waals surface area contributed by atoms with Gasteiger partial charge in [0.2, 0.25) is 0 Å². The number of benzene rings is 1. The van der Waals surface area contributed by atoms with Crippen molar-refractivity contribution in [3.8, 4) is 0 Å². The van der Waals surface area contributed by atoms with Crippen LogP contribution < -0.4 is 0 Å². The number of nitrogens with zero attached hydrogens (tertiary/aromatic N) is 1. The minimum Gasteiger partial charge on any atom is -0.305 e. The molecule has 0 aliphatic heterocycles. The van der Waals surface area contributed by atoms with E-state index in [0.29, 0.717) is 0 Å². The molecule has 0 bridgehead atoms. The minimum atomic E-state index is 0.792. The summed E-state index contributed by atoms with van der Waals surface area (Å²) in [6, 6.07) is 9.03. The Bertz CT molecular complexity index is 429. The fourth-order valence-electron chi connectivity index (χ4n) is 2.05. The van der Waals surface area contributed by atoms with E-state index in [2.05, 4.69) is 71.0 Å². The third-order valence-electron chi connectivity index (χ3n) is 3.44. The second-order valence-corrected chi connectivity index (χ2v) is 7.37. The summed E-state index contributed by atoms with van der Waals surface area (Å²) < 4.78 is 0. The van der Waals surface area contributed by atoms with Gasteiger partial charge in [0.15, 0.2) is 0 Å². The van der Waals surface area contributed by atoms with Crippen molar-refractivity contribution < 1.29 is 0 Å². The van der Waals surface area contributed by atoms with E-state index in [1.807, 2.05) is 11.8 Å². The molecular weight excluding hydrogens is 262 g/mol. The van der Waals surface area contributed by atoms with Gasteiger partial charge >= 0.3 is 0 Å². The maximum absolute atomic E-state index is 2.28. The van der Waals surface area contributed by atoms with Crippen LogP contribution >= 0.6 is 11.8 Å². The highest BCUT2D eigenvalue weighted by Gasteiger charge is 2.03. The molecule has 0 heterocycles. The summed E-state index contributed by atoms with van der Waals surface area (Å²) in [4.78, 5) is 3.60. The first-order valence-corrected chi connectivity index (χ1v) is 8.43. The van der Waals surface area contributed by atoms with E-state index in [4.69, 9.17) is 0 Å². The molecule has 0 N–H and O–H groups in total. The highest BCUT2D eigenvalue weighted by molar-refractivity contribution is 7.99. The average molecular weight is 292 g/mol. The number of likely N-dealkylation sites (N-methyl/N-ethyl adjacent to an activating group) is 1. The van der Waals surface area contributed by atoms with Crippen LogP contribution in [0, 0.1) is 5.92 Å². The Hall–Kier alpha value is -0.730. The van der Waals surface area contributed by atoms with Crippen LogP contribution in [0.4, 0.5) is 0 Å². The van der Waals surface area contributed by atoms with Crippen molar-refractivity contribution in [2.45, 2.75) is 39.0 Å². The number of allylic oxidation sites excluding steroid dienone is 1. The van der Waals surface area contributed by atoms with Crippen LogP contribution in [0.2, 0.25) is 0 Å². The molecule has 1 rings (SSSR count). The Labute approximate surface area is 129 Å². The largest absolute Gasteiger partial charge is 0.305 e. The van der Waals surface area contributed by atoms with E-state index in [1.165, 1.54) is 33.8 Å². The molecule has 1 aromatic carbocycles. The summed E-state index contributed by atoms with van der Waals surface area (Å²) in [6.07, 6.45) is 1.29. The predicted molar refractivity (Wildman–Crippen MR) is 93.4 cm³/mol. The molecule has 0 aliphatic rings. The van der Waals surface area contributed by atoms with Crippen molar-refractivity contribution in [1.29, 1.82) is 0 Å². The molecule has 0 fully saturated rings. The van der Waals surface area contributed by atoms with Crippen LogP contribution in [0.25, 0.3) is 5.57 Å². The quantitative estimate of drug-likeness (QED) is 0.637. The molecule has 2 heteroatoms. The molecule has 0 radical (unpaired) electrons. The predicted octanol–water partition coefficient (Wildman–Crippen LogP) is 5.18. The van der Waals surface area contributed by atoms with Crippen LogP contribution in [0.3, 0.4) is 0 Å². The summed E-state index contributed by atoms with van der Waals surface area (Å²) in [7, 11) is 4.23. The number of hydrogen-bond donors (Lipinski definition) is 0. The maximum Gasteiger partial charge on any atom is 0.0189 e. The van der Waals surface area contributed by atoms with Crippen LogP contribution in [0.5, 0.6) is 0 Å². The summed E-state index contributed by atoms with van der Waals surface area (Å²) >= 11 is 1.96. The lowest BCUT2D eigenvalue weighted by atomic mass is 10.0. The molecule has 112 valence electrons. The van der Waals surface area contributed by atoms with E-state index in [9.17, 15) is 0 Å². The van der Waals surface area contributed by atoms with Gasteiger partial charge in [0.25, 0.3) is 0 Å². The average Bonchev–Trinajstić information content (AvgIpc) is 2.37. The van der Waals surface area contributed by atoms with Gasteiger partial charge in [-0.1, -0.05) is 31.6 Å². The van der Waals surface area contributed by atoms with Gasteiger partial charge in [-0.25, -0.2) is 0 Å². The Morgan fingerprint density at radius 3 is 2.20 bits per heavy atom. The van der Waals surface area contributed by atoms with Gasteiger partial charge in [0.1, 0.15) is 0 Å². The molecular formula is C18H29NS. The zero-order valence-corrected chi connectivity index (χ0v) is 14.7. The van der Waals surface area contributed by atoms with E-state index >= 15 is 0 Å². The highest BCUT2D eigenvalue weighted by atomic mass is 32.2. The molecule has 0 spiro atoms. The lowest BCUT2D eigenvalue weighted by molar-refractivity contribution is 0.446. The SMILES string of the molecule is CC(CN(C)C)=C(C)c1ccc(SCCC(C)C)cc1. The minimum absolute atomic E-state index is 0.792. The van der Waals surface area contributed by atoms with Gasteiger partial charge in [-0.2, -0.15) is 0 Å².